The zero-order chi connectivity index (χ0) is 32.6. The summed E-state index contributed by atoms with van der Waals surface area (Å²) in [7, 11) is 1.05. The van der Waals surface area contributed by atoms with Crippen molar-refractivity contribution in [2.24, 2.45) is 0 Å². The maximum atomic E-state index is 15.7. The van der Waals surface area contributed by atoms with E-state index in [1.54, 1.807) is 18.2 Å². The minimum Gasteiger partial charge on any atom is -0.499 e. The average molecular weight is 629 g/mol. The first kappa shape index (κ1) is 31.6. The molecule has 1 amide bonds. The first-order valence-electron chi connectivity index (χ1n) is 13.9. The molecule has 0 saturated carbocycles. The second-order valence-electron chi connectivity index (χ2n) is 10.9. The summed E-state index contributed by atoms with van der Waals surface area (Å²) in [5, 5.41) is 12.3. The Hall–Kier alpha value is -4.87. The SMILES string of the molecule is COC1=C(C(F)(F)F)C=CN([C@H]2C(=O)N[C@@H](CC(=O)O)c3cc(cc(C)c3F)-c3c(C)cccc3OCc3ccc(F)c2c3)C1. The monoisotopic (exact) mass is 628 g/mol. The average Bonchev–Trinajstić information content (AvgIpc) is 2.97. The van der Waals surface area contributed by atoms with E-state index in [-0.39, 0.29) is 23.3 Å². The Bertz CT molecular complexity index is 1730. The topological polar surface area (TPSA) is 88.1 Å². The lowest BCUT2D eigenvalue weighted by Crippen LogP contribution is -2.43. The van der Waals surface area contributed by atoms with Crippen molar-refractivity contribution in [2.75, 3.05) is 13.7 Å². The molecular weight excluding hydrogens is 599 g/mol. The Labute approximate surface area is 255 Å². The molecule has 4 bridgehead atoms. The van der Waals surface area contributed by atoms with E-state index in [1.165, 1.54) is 25.1 Å². The summed E-state index contributed by atoms with van der Waals surface area (Å²) >= 11 is 0. The van der Waals surface area contributed by atoms with Crippen LogP contribution in [-0.4, -0.2) is 41.7 Å². The Kier molecular flexibility index (Phi) is 8.59. The van der Waals surface area contributed by atoms with Crippen LogP contribution in [0.25, 0.3) is 11.1 Å². The molecule has 2 atom stereocenters. The fourth-order valence-corrected chi connectivity index (χ4v) is 5.69. The van der Waals surface area contributed by atoms with Gasteiger partial charge in [0.25, 0.3) is 0 Å². The minimum atomic E-state index is -4.76. The van der Waals surface area contributed by atoms with Crippen LogP contribution >= 0.6 is 0 Å². The Morgan fingerprint density at radius 2 is 1.84 bits per heavy atom. The second-order valence-corrected chi connectivity index (χ2v) is 10.9. The first-order valence-corrected chi connectivity index (χ1v) is 13.9. The van der Waals surface area contributed by atoms with Crippen molar-refractivity contribution in [3.8, 4) is 16.9 Å². The molecule has 2 heterocycles. The van der Waals surface area contributed by atoms with Crippen LogP contribution in [0.5, 0.6) is 5.75 Å². The van der Waals surface area contributed by atoms with E-state index in [4.69, 9.17) is 9.47 Å². The minimum absolute atomic E-state index is 0.0654. The number of hydrogen-bond donors (Lipinski definition) is 2. The lowest BCUT2D eigenvalue weighted by Gasteiger charge is -2.35. The number of rotatable bonds is 4. The van der Waals surface area contributed by atoms with Crippen molar-refractivity contribution < 1.29 is 46.1 Å². The number of ether oxygens (including phenoxy) is 2. The maximum Gasteiger partial charge on any atom is 0.419 e. The van der Waals surface area contributed by atoms with Crippen LogP contribution in [0.2, 0.25) is 0 Å². The van der Waals surface area contributed by atoms with Gasteiger partial charge in [0.2, 0.25) is 5.91 Å². The summed E-state index contributed by atoms with van der Waals surface area (Å²) < 4.78 is 83.4. The molecule has 7 nitrogen and oxygen atoms in total. The van der Waals surface area contributed by atoms with Gasteiger partial charge < -0.3 is 24.8 Å². The highest BCUT2D eigenvalue weighted by Gasteiger charge is 2.40. The number of nitrogens with one attached hydrogen (secondary N) is 1. The van der Waals surface area contributed by atoms with Gasteiger partial charge in [0, 0.05) is 22.9 Å². The molecule has 0 spiro atoms. The number of alkyl halides is 3. The largest absolute Gasteiger partial charge is 0.499 e. The third-order valence-corrected chi connectivity index (χ3v) is 7.82. The smallest absolute Gasteiger partial charge is 0.419 e. The van der Waals surface area contributed by atoms with Crippen LogP contribution in [-0.2, 0) is 20.9 Å². The fourth-order valence-electron chi connectivity index (χ4n) is 5.69. The zero-order valence-corrected chi connectivity index (χ0v) is 24.5. The highest BCUT2D eigenvalue weighted by molar-refractivity contribution is 5.85. The van der Waals surface area contributed by atoms with Gasteiger partial charge in [-0.1, -0.05) is 18.2 Å². The number of carbonyl (C=O) groups excluding carboxylic acids is 1. The normalized spacial score (nSPS) is 18.5. The maximum absolute atomic E-state index is 15.7. The number of amides is 1. The molecule has 236 valence electrons. The van der Waals surface area contributed by atoms with Crippen molar-refractivity contribution in [2.45, 2.75) is 45.1 Å². The Morgan fingerprint density at radius 3 is 2.53 bits per heavy atom. The van der Waals surface area contributed by atoms with E-state index >= 15 is 8.78 Å². The lowest BCUT2D eigenvalue weighted by atomic mass is 9.91. The number of allylic oxidation sites excluding steroid dienone is 2. The van der Waals surface area contributed by atoms with Crippen molar-refractivity contribution in [1.29, 1.82) is 0 Å². The number of aryl methyl sites for hydroxylation is 2. The molecule has 0 unspecified atom stereocenters. The van der Waals surface area contributed by atoms with Crippen LogP contribution < -0.4 is 10.1 Å². The number of methoxy groups -OCH3 is 1. The molecule has 0 aromatic heterocycles. The summed E-state index contributed by atoms with van der Waals surface area (Å²) in [5.74, 6) is -4.01. The first-order chi connectivity index (χ1) is 21.3. The van der Waals surface area contributed by atoms with Gasteiger partial charge in [0.15, 0.2) is 0 Å². The summed E-state index contributed by atoms with van der Waals surface area (Å²) in [4.78, 5) is 27.2. The molecule has 12 heteroatoms. The van der Waals surface area contributed by atoms with Gasteiger partial charge in [0.05, 0.1) is 31.7 Å². The van der Waals surface area contributed by atoms with E-state index in [9.17, 15) is 27.9 Å². The number of carboxylic acid groups (broad SMARTS) is 1. The quantitative estimate of drug-likeness (QED) is 0.309. The van der Waals surface area contributed by atoms with Crippen LogP contribution in [0.1, 0.15) is 46.3 Å². The number of carboxylic acids is 1. The molecular formula is C33H29F5N2O5. The molecule has 5 rings (SSSR count). The molecule has 45 heavy (non-hydrogen) atoms. The van der Waals surface area contributed by atoms with Crippen LogP contribution in [0.15, 0.2) is 72.1 Å². The van der Waals surface area contributed by atoms with E-state index in [1.807, 2.05) is 13.0 Å². The summed E-state index contributed by atoms with van der Waals surface area (Å²) in [5.41, 5.74) is 1.13. The molecule has 2 aliphatic rings. The molecule has 0 aliphatic carbocycles. The number of fused-ring (bicyclic) bond motifs is 6. The highest BCUT2D eigenvalue weighted by atomic mass is 19.4. The number of carbonyl (C=O) groups is 2. The standard InChI is InChI=1S/C33H29F5N2O5/c1-17-5-4-6-26-29(17)20-11-18(2)30(35)22(13-20)25(14-28(41)42)39-32(43)31(21-12-19(16-45-26)7-8-24(21)34)40-10-9-23(33(36,37)38)27(15-40)44-3/h4-13,25,31H,14-16H2,1-3H3,(H,39,43)(H,41,42)/t25-,31+/m0/s1. The van der Waals surface area contributed by atoms with Crippen molar-refractivity contribution in [1.82, 2.24) is 10.2 Å². The molecule has 3 aromatic carbocycles. The third kappa shape index (κ3) is 6.36. The van der Waals surface area contributed by atoms with E-state index in [0.717, 1.165) is 29.8 Å². The fraction of sp³-hybridized carbons (Fsp3) is 0.273. The number of halogens is 5. The van der Waals surface area contributed by atoms with Crippen molar-refractivity contribution in [3.63, 3.8) is 0 Å². The molecule has 0 saturated heterocycles. The number of benzene rings is 3. The predicted octanol–water partition coefficient (Wildman–Crippen LogP) is 6.81. The van der Waals surface area contributed by atoms with Crippen LogP contribution in [0.3, 0.4) is 0 Å². The van der Waals surface area contributed by atoms with E-state index < -0.39 is 66.1 Å². The molecule has 0 fully saturated rings. The molecule has 2 aliphatic heterocycles. The number of hydrogen-bond acceptors (Lipinski definition) is 5. The van der Waals surface area contributed by atoms with Gasteiger partial charge >= 0.3 is 12.1 Å². The van der Waals surface area contributed by atoms with Gasteiger partial charge in [-0.3, -0.25) is 9.59 Å². The van der Waals surface area contributed by atoms with Crippen LogP contribution in [0, 0.1) is 25.5 Å². The van der Waals surface area contributed by atoms with E-state index in [0.29, 0.717) is 28.5 Å². The Morgan fingerprint density at radius 1 is 1.09 bits per heavy atom. The summed E-state index contributed by atoms with van der Waals surface area (Å²) in [6.07, 6.45) is -3.79. The van der Waals surface area contributed by atoms with E-state index in [2.05, 4.69) is 5.32 Å². The number of aliphatic carboxylic acids is 1. The van der Waals surface area contributed by atoms with Gasteiger partial charge in [-0.05, 0) is 72.5 Å². The molecule has 0 radical (unpaired) electrons. The number of nitrogens with zero attached hydrogens (tertiary/aromatic N) is 1. The van der Waals surface area contributed by atoms with Crippen LogP contribution in [0.4, 0.5) is 22.0 Å². The van der Waals surface area contributed by atoms with Gasteiger partial charge in [0.1, 0.15) is 35.8 Å². The molecule has 3 aromatic rings. The lowest BCUT2D eigenvalue weighted by molar-refractivity contribution is -0.138. The summed E-state index contributed by atoms with van der Waals surface area (Å²) in [6.45, 7) is 2.70. The van der Waals surface area contributed by atoms with Crippen molar-refractivity contribution >= 4 is 11.9 Å². The summed E-state index contributed by atoms with van der Waals surface area (Å²) in [6, 6.07) is 9.23. The van der Waals surface area contributed by atoms with Gasteiger partial charge in [-0.2, -0.15) is 13.2 Å². The highest BCUT2D eigenvalue weighted by Crippen LogP contribution is 2.39. The van der Waals surface area contributed by atoms with Gasteiger partial charge in [-0.15, -0.1) is 0 Å². The third-order valence-electron chi connectivity index (χ3n) is 7.82. The second kappa shape index (κ2) is 12.3. The zero-order valence-electron chi connectivity index (χ0n) is 24.5. The van der Waals surface area contributed by atoms with Gasteiger partial charge in [-0.25, -0.2) is 8.78 Å². The Balaban J connectivity index is 1.71. The van der Waals surface area contributed by atoms with Crippen molar-refractivity contribution in [3.05, 3.63) is 112 Å². The predicted molar refractivity (Wildman–Crippen MR) is 154 cm³/mol. The molecule has 2 N–H and O–H groups in total.